The highest BCUT2D eigenvalue weighted by molar-refractivity contribution is 7.07. The van der Waals surface area contributed by atoms with E-state index in [1.807, 2.05) is 6.92 Å². The van der Waals surface area contributed by atoms with Crippen LogP contribution in [0.15, 0.2) is 23.0 Å². The third-order valence-corrected chi connectivity index (χ3v) is 4.12. The quantitative estimate of drug-likeness (QED) is 0.725. The Morgan fingerprint density at radius 1 is 1.43 bits per heavy atom. The second-order valence-corrected chi connectivity index (χ2v) is 5.84. The normalized spacial score (nSPS) is 10.9. The molecule has 1 aromatic carbocycles. The Morgan fingerprint density at radius 3 is 3.04 bits per heavy atom. The van der Waals surface area contributed by atoms with Crippen LogP contribution >= 0.6 is 23.1 Å². The Morgan fingerprint density at radius 2 is 2.26 bits per heavy atom. The number of benzene rings is 1. The zero-order chi connectivity index (χ0) is 16.4. The van der Waals surface area contributed by atoms with Gasteiger partial charge in [0.1, 0.15) is 12.4 Å². The number of ether oxygens (including phenoxy) is 1. The number of aryl methyl sites for hydroxylation is 1. The van der Waals surface area contributed by atoms with Gasteiger partial charge in [-0.25, -0.2) is 9.78 Å². The molecule has 9 heteroatoms. The molecule has 0 atom stereocenters. The van der Waals surface area contributed by atoms with Gasteiger partial charge in [0.15, 0.2) is 4.88 Å². The van der Waals surface area contributed by atoms with E-state index in [0.717, 1.165) is 11.5 Å². The van der Waals surface area contributed by atoms with Gasteiger partial charge in [0.2, 0.25) is 0 Å². The van der Waals surface area contributed by atoms with Crippen LogP contribution in [0.25, 0.3) is 10.9 Å². The first-order valence-electron chi connectivity index (χ1n) is 6.75. The number of aromatic amines is 1. The van der Waals surface area contributed by atoms with Gasteiger partial charge in [-0.05, 0) is 36.2 Å². The molecule has 0 aliphatic carbocycles. The number of esters is 1. The van der Waals surface area contributed by atoms with Gasteiger partial charge in [-0.15, -0.1) is 5.10 Å². The molecule has 0 aliphatic heterocycles. The molecule has 3 rings (SSSR count). The predicted octanol–water partition coefficient (Wildman–Crippen LogP) is 2.35. The summed E-state index contributed by atoms with van der Waals surface area (Å²) in [4.78, 5) is 31.2. The molecule has 0 radical (unpaired) electrons. The fourth-order valence-electron chi connectivity index (χ4n) is 2.02. The van der Waals surface area contributed by atoms with Crippen LogP contribution in [0.5, 0.6) is 0 Å². The molecule has 0 amide bonds. The number of carbonyl (C=O) groups excluding carboxylic acids is 1. The van der Waals surface area contributed by atoms with E-state index in [2.05, 4.69) is 19.6 Å². The molecular weight excluding hydrogens is 340 g/mol. The van der Waals surface area contributed by atoms with Crippen LogP contribution in [0.2, 0.25) is 5.02 Å². The lowest BCUT2D eigenvalue weighted by Crippen LogP contribution is -2.14. The molecule has 0 aliphatic rings. The molecule has 7 nitrogen and oxygen atoms in total. The molecule has 0 spiro atoms. The zero-order valence-corrected chi connectivity index (χ0v) is 13.6. The molecular formula is C14H11ClN4O3S. The van der Waals surface area contributed by atoms with Crippen LogP contribution in [0.1, 0.15) is 28.1 Å². The Kier molecular flexibility index (Phi) is 4.35. The average Bonchev–Trinajstić information content (AvgIpc) is 3.02. The van der Waals surface area contributed by atoms with Gasteiger partial charge in [0.25, 0.3) is 5.56 Å². The standard InChI is InChI=1S/C14H11ClN4O3S/c1-2-9-12(23-19-18-9)14(21)22-6-11-16-10-4-3-7(15)5-8(10)13(20)17-11/h3-5H,2,6H2,1H3,(H,16,17,20). The van der Waals surface area contributed by atoms with Gasteiger partial charge in [0.05, 0.1) is 16.6 Å². The lowest BCUT2D eigenvalue weighted by Gasteiger charge is -2.05. The van der Waals surface area contributed by atoms with E-state index in [0.29, 0.717) is 32.9 Å². The summed E-state index contributed by atoms with van der Waals surface area (Å²) < 4.78 is 8.91. The summed E-state index contributed by atoms with van der Waals surface area (Å²) in [6, 6.07) is 4.82. The number of fused-ring (bicyclic) bond motifs is 1. The number of rotatable bonds is 4. The fourth-order valence-corrected chi connectivity index (χ4v) is 2.84. The van der Waals surface area contributed by atoms with Crippen LogP contribution in [-0.4, -0.2) is 25.5 Å². The number of hydrogen-bond acceptors (Lipinski definition) is 7. The Labute approximate surface area is 139 Å². The lowest BCUT2D eigenvalue weighted by molar-refractivity contribution is 0.0466. The number of nitrogens with one attached hydrogen (secondary N) is 1. The van der Waals surface area contributed by atoms with Crippen LogP contribution in [0.3, 0.4) is 0 Å². The number of hydrogen-bond donors (Lipinski definition) is 1. The molecule has 2 heterocycles. The van der Waals surface area contributed by atoms with E-state index < -0.39 is 5.97 Å². The summed E-state index contributed by atoms with van der Waals surface area (Å²) in [6.45, 7) is 1.73. The molecule has 118 valence electrons. The van der Waals surface area contributed by atoms with Gasteiger partial charge < -0.3 is 9.72 Å². The van der Waals surface area contributed by atoms with Gasteiger partial charge in [-0.3, -0.25) is 4.79 Å². The lowest BCUT2D eigenvalue weighted by atomic mass is 10.2. The largest absolute Gasteiger partial charge is 0.453 e. The molecule has 0 unspecified atom stereocenters. The van der Waals surface area contributed by atoms with Crippen molar-refractivity contribution in [3.8, 4) is 0 Å². The van der Waals surface area contributed by atoms with Crippen LogP contribution in [0, 0.1) is 0 Å². The minimum atomic E-state index is -0.532. The van der Waals surface area contributed by atoms with Crippen molar-refractivity contribution in [2.75, 3.05) is 0 Å². The van der Waals surface area contributed by atoms with E-state index in [-0.39, 0.29) is 18.0 Å². The van der Waals surface area contributed by atoms with Gasteiger partial charge in [0, 0.05) is 5.02 Å². The monoisotopic (exact) mass is 350 g/mol. The summed E-state index contributed by atoms with van der Waals surface area (Å²) in [5.41, 5.74) is 0.741. The number of carbonyl (C=O) groups is 1. The van der Waals surface area contributed by atoms with Crippen molar-refractivity contribution in [3.05, 3.63) is 50.0 Å². The minimum absolute atomic E-state index is 0.145. The molecule has 23 heavy (non-hydrogen) atoms. The Balaban J connectivity index is 1.81. The molecule has 1 N–H and O–H groups in total. The zero-order valence-electron chi connectivity index (χ0n) is 12.0. The maximum Gasteiger partial charge on any atom is 0.352 e. The number of nitrogens with zero attached hydrogens (tertiary/aromatic N) is 3. The van der Waals surface area contributed by atoms with Crippen molar-refractivity contribution in [3.63, 3.8) is 0 Å². The molecule has 0 fully saturated rings. The first-order valence-corrected chi connectivity index (χ1v) is 7.90. The van der Waals surface area contributed by atoms with Gasteiger partial charge in [-0.2, -0.15) is 0 Å². The van der Waals surface area contributed by atoms with E-state index in [1.165, 1.54) is 6.07 Å². The van der Waals surface area contributed by atoms with Crippen molar-refractivity contribution < 1.29 is 9.53 Å². The van der Waals surface area contributed by atoms with Gasteiger partial charge in [-0.1, -0.05) is 23.0 Å². The summed E-state index contributed by atoms with van der Waals surface area (Å²) >= 11 is 6.84. The van der Waals surface area contributed by atoms with Crippen LogP contribution in [-0.2, 0) is 17.8 Å². The van der Waals surface area contributed by atoms with Crippen molar-refractivity contribution in [2.45, 2.75) is 20.0 Å². The fraction of sp³-hybridized carbons (Fsp3) is 0.214. The van der Waals surface area contributed by atoms with E-state index in [4.69, 9.17) is 16.3 Å². The SMILES string of the molecule is CCc1nnsc1C(=O)OCc1nc2ccc(Cl)cc2c(=O)[nH]1. The summed E-state index contributed by atoms with van der Waals surface area (Å²) in [5, 5.41) is 4.69. The second-order valence-electron chi connectivity index (χ2n) is 4.65. The van der Waals surface area contributed by atoms with Crippen LogP contribution < -0.4 is 5.56 Å². The molecule has 0 bridgehead atoms. The van der Waals surface area contributed by atoms with E-state index in [1.54, 1.807) is 12.1 Å². The third kappa shape index (κ3) is 3.22. The molecule has 0 saturated carbocycles. The van der Waals surface area contributed by atoms with Crippen molar-refractivity contribution in [2.24, 2.45) is 0 Å². The first kappa shape index (κ1) is 15.6. The number of H-pyrrole nitrogens is 1. The predicted molar refractivity (Wildman–Crippen MR) is 85.8 cm³/mol. The smallest absolute Gasteiger partial charge is 0.352 e. The van der Waals surface area contributed by atoms with E-state index >= 15 is 0 Å². The topological polar surface area (TPSA) is 97.8 Å². The second kappa shape index (κ2) is 6.43. The summed E-state index contributed by atoms with van der Waals surface area (Å²) in [5.74, 6) is -0.274. The molecule has 0 saturated heterocycles. The third-order valence-electron chi connectivity index (χ3n) is 3.13. The molecule has 3 aromatic rings. The number of halogens is 1. The minimum Gasteiger partial charge on any atom is -0.453 e. The summed E-state index contributed by atoms with van der Waals surface area (Å²) in [6.07, 6.45) is 0.590. The number of aromatic nitrogens is 4. The highest BCUT2D eigenvalue weighted by Gasteiger charge is 2.17. The maximum atomic E-state index is 12.0. The maximum absolute atomic E-state index is 12.0. The Bertz CT molecular complexity index is 937. The average molecular weight is 351 g/mol. The van der Waals surface area contributed by atoms with Crippen LogP contribution in [0.4, 0.5) is 0 Å². The Hall–Kier alpha value is -2.32. The van der Waals surface area contributed by atoms with Crippen molar-refractivity contribution in [1.29, 1.82) is 0 Å². The highest BCUT2D eigenvalue weighted by atomic mass is 35.5. The highest BCUT2D eigenvalue weighted by Crippen LogP contribution is 2.16. The van der Waals surface area contributed by atoms with E-state index in [9.17, 15) is 9.59 Å². The first-order chi connectivity index (χ1) is 11.1. The van der Waals surface area contributed by atoms with Gasteiger partial charge >= 0.3 is 5.97 Å². The van der Waals surface area contributed by atoms with Crippen molar-refractivity contribution in [1.82, 2.24) is 19.6 Å². The molecule has 2 aromatic heterocycles. The summed E-state index contributed by atoms with van der Waals surface area (Å²) in [7, 11) is 0. The van der Waals surface area contributed by atoms with Crippen molar-refractivity contribution >= 4 is 40.0 Å².